The SMILES string of the molecule is CCCC[C](CCCC)(CCCC)[Sn][c]1cnn(-c2ccc(S(=O)(=O)CC)cc2)c1. The number of hydrogen-bond acceptors (Lipinski definition) is 3. The van der Waals surface area contributed by atoms with Crippen LogP contribution in [-0.2, 0) is 9.84 Å². The van der Waals surface area contributed by atoms with Gasteiger partial charge in [0.25, 0.3) is 0 Å². The van der Waals surface area contributed by atoms with E-state index in [-0.39, 0.29) is 5.75 Å². The van der Waals surface area contributed by atoms with E-state index in [1.807, 2.05) is 16.8 Å². The molecule has 6 heteroatoms. The van der Waals surface area contributed by atoms with Crippen molar-refractivity contribution in [2.75, 3.05) is 5.75 Å². The Hall–Kier alpha value is -0.821. The molecule has 0 spiro atoms. The fourth-order valence-electron chi connectivity index (χ4n) is 3.92. The Morgan fingerprint density at radius 2 is 1.43 bits per heavy atom. The Kier molecular flexibility index (Phi) is 10.4. The van der Waals surface area contributed by atoms with Crippen LogP contribution in [0.5, 0.6) is 0 Å². The summed E-state index contributed by atoms with van der Waals surface area (Å²) in [5.41, 5.74) is 0.928. The minimum atomic E-state index is -3.16. The molecule has 0 unspecified atom stereocenters. The summed E-state index contributed by atoms with van der Waals surface area (Å²) < 4.78 is 28.0. The predicted octanol–water partition coefficient (Wildman–Crippen LogP) is 5.72. The molecule has 0 fully saturated rings. The van der Waals surface area contributed by atoms with Gasteiger partial charge in [0, 0.05) is 0 Å². The number of aromatic nitrogens is 2. The number of unbranched alkanes of at least 4 members (excludes halogenated alkanes) is 3. The maximum absolute atomic E-state index is 12.1. The molecule has 1 heterocycles. The maximum atomic E-state index is 12.1. The van der Waals surface area contributed by atoms with Gasteiger partial charge in [-0.2, -0.15) is 0 Å². The van der Waals surface area contributed by atoms with Gasteiger partial charge in [-0.15, -0.1) is 0 Å². The molecule has 0 atom stereocenters. The summed E-state index contributed by atoms with van der Waals surface area (Å²) in [5.74, 6) is 0.125. The van der Waals surface area contributed by atoms with Crippen molar-refractivity contribution in [3.8, 4) is 5.69 Å². The Balaban J connectivity index is 2.22. The van der Waals surface area contributed by atoms with E-state index >= 15 is 0 Å². The van der Waals surface area contributed by atoms with Gasteiger partial charge in [0.1, 0.15) is 0 Å². The third kappa shape index (κ3) is 7.11. The van der Waals surface area contributed by atoms with Gasteiger partial charge in [0.2, 0.25) is 0 Å². The molecule has 166 valence electrons. The van der Waals surface area contributed by atoms with E-state index in [0.717, 1.165) is 5.69 Å². The molecule has 0 amide bonds. The molecule has 0 saturated heterocycles. The second-order valence-electron chi connectivity index (χ2n) is 8.29. The normalized spacial score (nSPS) is 12.4. The van der Waals surface area contributed by atoms with Gasteiger partial charge in [-0.1, -0.05) is 0 Å². The van der Waals surface area contributed by atoms with Gasteiger partial charge in [-0.05, 0) is 0 Å². The molecule has 30 heavy (non-hydrogen) atoms. The van der Waals surface area contributed by atoms with Crippen LogP contribution in [0.3, 0.4) is 0 Å². The van der Waals surface area contributed by atoms with E-state index in [9.17, 15) is 8.42 Å². The zero-order valence-electron chi connectivity index (χ0n) is 19.2. The molecule has 0 aliphatic heterocycles. The van der Waals surface area contributed by atoms with Gasteiger partial charge in [-0.25, -0.2) is 0 Å². The van der Waals surface area contributed by atoms with Crippen molar-refractivity contribution in [2.24, 2.45) is 0 Å². The van der Waals surface area contributed by atoms with Crippen LogP contribution < -0.4 is 3.58 Å². The van der Waals surface area contributed by atoms with E-state index in [0.29, 0.717) is 8.33 Å². The summed E-state index contributed by atoms with van der Waals surface area (Å²) >= 11 is -0.808. The molecule has 0 aliphatic rings. The molecule has 2 radical (unpaired) electrons. The van der Waals surface area contributed by atoms with E-state index in [4.69, 9.17) is 0 Å². The molecule has 2 rings (SSSR count). The summed E-state index contributed by atoms with van der Waals surface area (Å²) in [6.45, 7) is 8.58. The third-order valence-electron chi connectivity index (χ3n) is 5.86. The quantitative estimate of drug-likeness (QED) is 0.290. The van der Waals surface area contributed by atoms with Gasteiger partial charge in [0.05, 0.1) is 0 Å². The predicted molar refractivity (Wildman–Crippen MR) is 128 cm³/mol. The number of rotatable bonds is 14. The third-order valence-corrected chi connectivity index (χ3v) is 12.8. The van der Waals surface area contributed by atoms with Crippen molar-refractivity contribution < 1.29 is 8.42 Å². The van der Waals surface area contributed by atoms with Crippen molar-refractivity contribution in [1.29, 1.82) is 0 Å². The van der Waals surface area contributed by atoms with E-state index in [2.05, 4.69) is 38.3 Å². The van der Waals surface area contributed by atoms with Crippen LogP contribution in [-0.4, -0.2) is 45.1 Å². The van der Waals surface area contributed by atoms with Crippen molar-refractivity contribution in [1.82, 2.24) is 9.78 Å². The average Bonchev–Trinajstić information content (AvgIpc) is 3.23. The monoisotopic (exact) mass is 538 g/mol. The molecule has 2 aromatic rings. The van der Waals surface area contributed by atoms with E-state index in [1.54, 1.807) is 19.1 Å². The second-order valence-corrected chi connectivity index (χ2v) is 16.0. The van der Waals surface area contributed by atoms with Crippen LogP contribution in [0, 0.1) is 0 Å². The number of nitrogens with zero attached hydrogens (tertiary/aromatic N) is 2. The van der Waals surface area contributed by atoms with Crippen LogP contribution in [0.15, 0.2) is 41.6 Å². The molecule has 4 nitrogen and oxygen atoms in total. The summed E-state index contributed by atoms with van der Waals surface area (Å²) in [7, 11) is -3.16. The second kappa shape index (κ2) is 12.3. The van der Waals surface area contributed by atoms with E-state index < -0.39 is 31.0 Å². The van der Waals surface area contributed by atoms with Gasteiger partial charge < -0.3 is 0 Å². The van der Waals surface area contributed by atoms with Crippen molar-refractivity contribution in [3.63, 3.8) is 0 Å². The average molecular weight is 537 g/mol. The first-order valence-electron chi connectivity index (χ1n) is 11.6. The first-order valence-corrected chi connectivity index (χ1v) is 16.1. The van der Waals surface area contributed by atoms with Crippen LogP contribution in [0.4, 0.5) is 0 Å². The van der Waals surface area contributed by atoms with Crippen molar-refractivity contribution in [2.45, 2.75) is 93.8 Å². The zero-order valence-corrected chi connectivity index (χ0v) is 22.8. The summed E-state index contributed by atoms with van der Waals surface area (Å²) in [5, 5.41) is 4.63. The Bertz CT molecular complexity index is 838. The van der Waals surface area contributed by atoms with Gasteiger partial charge >= 0.3 is 195 Å². The van der Waals surface area contributed by atoms with Gasteiger partial charge in [0.15, 0.2) is 0 Å². The van der Waals surface area contributed by atoms with Crippen LogP contribution in [0.25, 0.3) is 5.69 Å². The van der Waals surface area contributed by atoms with Crippen LogP contribution >= 0.6 is 0 Å². The molecule has 0 saturated carbocycles. The molecular formula is C24H38N2O2SSn. The molecule has 1 aromatic carbocycles. The molecular weight excluding hydrogens is 499 g/mol. The van der Waals surface area contributed by atoms with Crippen LogP contribution in [0.2, 0.25) is 3.43 Å². The first-order chi connectivity index (χ1) is 14.4. The Morgan fingerprint density at radius 1 is 0.900 bits per heavy atom. The molecule has 1 aromatic heterocycles. The number of sulfone groups is 1. The molecule has 0 aliphatic carbocycles. The Morgan fingerprint density at radius 3 is 1.90 bits per heavy atom. The van der Waals surface area contributed by atoms with Crippen LogP contribution in [0.1, 0.15) is 85.5 Å². The minimum absolute atomic E-state index is 0.125. The standard InChI is InChI=1S/C13H27.C11H11N2O2S.Sn/c1-4-7-10-13(11-8-5-2)12-9-6-3;1-2-16(14,15)11-6-4-10(5-7-11)13-9-3-8-12-13;/h4-12H2,1-3H3;4-9H,2H2,1H3;. The summed E-state index contributed by atoms with van der Waals surface area (Å²) in [6.07, 6.45) is 16.2. The van der Waals surface area contributed by atoms with Gasteiger partial charge in [-0.3, -0.25) is 0 Å². The first kappa shape index (κ1) is 25.4. The van der Waals surface area contributed by atoms with Crippen molar-refractivity contribution in [3.05, 3.63) is 36.7 Å². The Labute approximate surface area is 194 Å². The number of benzene rings is 1. The molecule has 0 bridgehead atoms. The summed E-state index contributed by atoms with van der Waals surface area (Å²) in [6, 6.07) is 7.12. The fourth-order valence-corrected chi connectivity index (χ4v) is 10.0. The topological polar surface area (TPSA) is 52.0 Å². The zero-order chi connectivity index (χ0) is 22.0. The number of hydrogen-bond donors (Lipinski definition) is 0. The van der Waals surface area contributed by atoms with E-state index in [1.165, 1.54) is 61.4 Å². The molecule has 0 N–H and O–H groups in total. The van der Waals surface area contributed by atoms with Crippen molar-refractivity contribution >= 4 is 34.6 Å². The fraction of sp³-hybridized carbons (Fsp3) is 0.625. The summed E-state index contributed by atoms with van der Waals surface area (Å²) in [4.78, 5) is 0.385.